The number of hydrogen-bond donors (Lipinski definition) is 1. The first-order valence-corrected chi connectivity index (χ1v) is 6.94. The lowest BCUT2D eigenvalue weighted by Gasteiger charge is -1.90. The van der Waals surface area contributed by atoms with Gasteiger partial charge in [0, 0.05) is 17.8 Å². The summed E-state index contributed by atoms with van der Waals surface area (Å²) < 4.78 is 0. The standard InChI is InChI=1S/C7H9N.C6H5N2.2C2H6.CH3/c1-6-2-4-7(8)5-3-6;7-8-6-4-2-1-3-5-6;2*1-2;/h2-5H,8H2,1H3;1-5H;2*1-2H3;1H3/q;+1;;;-1. The first-order chi connectivity index (χ1) is 9.72. The Morgan fingerprint density at radius 1 is 0.810 bits per heavy atom. The molecule has 2 aromatic rings. The van der Waals surface area contributed by atoms with Gasteiger partial charge >= 0.3 is 5.69 Å². The molecule has 0 amide bonds. The molecule has 0 bridgehead atoms. The van der Waals surface area contributed by atoms with Crippen LogP contribution in [0.25, 0.3) is 4.98 Å². The molecule has 3 heteroatoms. The molecule has 0 saturated carbocycles. The number of aryl methyl sites for hydroxylation is 1. The minimum atomic E-state index is 0. The maximum atomic E-state index is 8.16. The van der Waals surface area contributed by atoms with Crippen LogP contribution in [0.2, 0.25) is 0 Å². The fourth-order valence-electron chi connectivity index (χ4n) is 1.06. The first-order valence-electron chi connectivity index (χ1n) is 6.94. The van der Waals surface area contributed by atoms with E-state index >= 15 is 0 Å². The highest BCUT2D eigenvalue weighted by molar-refractivity contribution is 5.42. The maximum absolute atomic E-state index is 8.16. The van der Waals surface area contributed by atoms with E-state index in [9.17, 15) is 0 Å². The molecule has 0 unspecified atom stereocenters. The van der Waals surface area contributed by atoms with Gasteiger partial charge in [-0.2, -0.15) is 0 Å². The molecule has 0 fully saturated rings. The Morgan fingerprint density at radius 3 is 1.52 bits per heavy atom. The van der Waals surface area contributed by atoms with Crippen molar-refractivity contribution in [2.75, 3.05) is 5.73 Å². The molecule has 0 spiro atoms. The van der Waals surface area contributed by atoms with E-state index in [4.69, 9.17) is 11.1 Å². The summed E-state index contributed by atoms with van der Waals surface area (Å²) in [5.41, 5.74) is 8.10. The first kappa shape index (κ1) is 23.7. The Balaban J connectivity index is -0.000000240. The molecule has 0 aromatic heterocycles. The van der Waals surface area contributed by atoms with E-state index in [1.807, 2.05) is 77.1 Å². The Morgan fingerprint density at radius 2 is 1.24 bits per heavy atom. The average Bonchev–Trinajstić information content (AvgIpc) is 2.55. The van der Waals surface area contributed by atoms with Crippen molar-refractivity contribution in [3.05, 3.63) is 72.6 Å². The summed E-state index contributed by atoms with van der Waals surface area (Å²) >= 11 is 0. The Bertz CT molecular complexity index is 435. The van der Waals surface area contributed by atoms with Gasteiger partial charge in [0.1, 0.15) is 0 Å². The molecular formula is C18H29N3. The highest BCUT2D eigenvalue weighted by atomic mass is 14.8. The quantitative estimate of drug-likeness (QED) is 0.353. The fourth-order valence-corrected chi connectivity index (χ4v) is 1.06. The van der Waals surface area contributed by atoms with E-state index in [0.717, 1.165) is 5.69 Å². The van der Waals surface area contributed by atoms with Crippen molar-refractivity contribution in [2.45, 2.75) is 34.6 Å². The van der Waals surface area contributed by atoms with Gasteiger partial charge in [-0.05, 0) is 19.1 Å². The van der Waals surface area contributed by atoms with Gasteiger partial charge < -0.3 is 13.2 Å². The lowest BCUT2D eigenvalue weighted by atomic mass is 10.2. The summed E-state index contributed by atoms with van der Waals surface area (Å²) in [6.07, 6.45) is 0. The van der Waals surface area contributed by atoms with Crippen LogP contribution in [0.3, 0.4) is 0 Å². The number of rotatable bonds is 0. The molecule has 0 atom stereocenters. The van der Waals surface area contributed by atoms with Crippen molar-refractivity contribution in [1.82, 2.24) is 0 Å². The van der Waals surface area contributed by atoms with Gasteiger partial charge in [-0.15, -0.1) is 0 Å². The van der Waals surface area contributed by atoms with Crippen molar-refractivity contribution in [3.8, 4) is 0 Å². The van der Waals surface area contributed by atoms with E-state index in [2.05, 4.69) is 4.98 Å². The molecule has 0 saturated heterocycles. The molecule has 116 valence electrons. The topological polar surface area (TPSA) is 54.2 Å². The van der Waals surface area contributed by atoms with Crippen molar-refractivity contribution >= 4 is 11.4 Å². The zero-order valence-corrected chi connectivity index (χ0v) is 14.2. The lowest BCUT2D eigenvalue weighted by molar-refractivity contribution is 1.46. The molecular weight excluding hydrogens is 258 g/mol. The van der Waals surface area contributed by atoms with E-state index in [-0.39, 0.29) is 7.43 Å². The van der Waals surface area contributed by atoms with Crippen molar-refractivity contribution in [1.29, 1.82) is 5.39 Å². The van der Waals surface area contributed by atoms with Gasteiger partial charge in [-0.3, -0.25) is 0 Å². The maximum Gasteiger partial charge on any atom is 0.385 e. The molecule has 0 aliphatic rings. The number of nitrogens with zero attached hydrogens (tertiary/aromatic N) is 2. The number of anilines is 1. The monoisotopic (exact) mass is 287 g/mol. The molecule has 0 heterocycles. The van der Waals surface area contributed by atoms with Crippen LogP contribution >= 0.6 is 0 Å². The van der Waals surface area contributed by atoms with Gasteiger partial charge in [0.05, 0.1) is 0 Å². The Labute approximate surface area is 130 Å². The third-order valence-electron chi connectivity index (χ3n) is 1.95. The summed E-state index contributed by atoms with van der Waals surface area (Å²) in [6, 6.07) is 16.7. The van der Waals surface area contributed by atoms with Crippen LogP contribution in [0.1, 0.15) is 33.3 Å². The number of nitrogen functional groups attached to an aromatic ring is 1. The highest BCUT2D eigenvalue weighted by Crippen LogP contribution is 2.07. The van der Waals surface area contributed by atoms with Crippen LogP contribution in [-0.4, -0.2) is 0 Å². The lowest BCUT2D eigenvalue weighted by Crippen LogP contribution is -1.81. The predicted octanol–water partition coefficient (Wildman–Crippen LogP) is 6.25. The van der Waals surface area contributed by atoms with Gasteiger partial charge in [-0.25, -0.2) is 0 Å². The molecule has 0 radical (unpaired) electrons. The molecule has 2 rings (SSSR count). The fraction of sp³-hybridized carbons (Fsp3) is 0.278. The SMILES string of the molecule is CC.CC.Cc1ccc(N)cc1.N#[N+]c1ccccc1.[CH3-]. The number of benzene rings is 2. The summed E-state index contributed by atoms with van der Waals surface area (Å²) in [4.78, 5) is 2.97. The molecule has 0 aliphatic carbocycles. The van der Waals surface area contributed by atoms with Gasteiger partial charge in [0.2, 0.25) is 5.39 Å². The van der Waals surface area contributed by atoms with E-state index in [0.29, 0.717) is 5.69 Å². The van der Waals surface area contributed by atoms with E-state index < -0.39 is 0 Å². The van der Waals surface area contributed by atoms with E-state index in [1.165, 1.54) is 5.56 Å². The van der Waals surface area contributed by atoms with Crippen LogP contribution in [0.4, 0.5) is 11.4 Å². The number of nitrogens with two attached hydrogens (primary N) is 1. The molecule has 0 aliphatic heterocycles. The van der Waals surface area contributed by atoms with Crippen molar-refractivity contribution < 1.29 is 0 Å². The summed E-state index contributed by atoms with van der Waals surface area (Å²) in [5, 5.41) is 8.16. The van der Waals surface area contributed by atoms with Crippen molar-refractivity contribution in [3.63, 3.8) is 0 Å². The van der Waals surface area contributed by atoms with Crippen LogP contribution in [0, 0.1) is 19.7 Å². The summed E-state index contributed by atoms with van der Waals surface area (Å²) in [7, 11) is 0. The largest absolute Gasteiger partial charge is 0.399 e. The Kier molecular flexibility index (Phi) is 20.0. The average molecular weight is 287 g/mol. The van der Waals surface area contributed by atoms with Crippen molar-refractivity contribution in [2.24, 2.45) is 0 Å². The summed E-state index contributed by atoms with van der Waals surface area (Å²) in [5.74, 6) is 0. The third-order valence-corrected chi connectivity index (χ3v) is 1.95. The number of hydrogen-bond acceptors (Lipinski definition) is 2. The molecule has 3 nitrogen and oxygen atoms in total. The normalized spacial score (nSPS) is 7.05. The minimum Gasteiger partial charge on any atom is -0.399 e. The van der Waals surface area contributed by atoms with E-state index in [1.54, 1.807) is 12.1 Å². The van der Waals surface area contributed by atoms with Gasteiger partial charge in [-0.1, -0.05) is 63.6 Å². The Hall–Kier alpha value is -2.34. The molecule has 2 aromatic carbocycles. The van der Waals surface area contributed by atoms with Crippen LogP contribution in [0.15, 0.2) is 54.6 Å². The highest BCUT2D eigenvalue weighted by Gasteiger charge is 1.96. The van der Waals surface area contributed by atoms with Crippen LogP contribution in [0.5, 0.6) is 0 Å². The predicted molar refractivity (Wildman–Crippen MR) is 95.9 cm³/mol. The zero-order valence-electron chi connectivity index (χ0n) is 14.2. The zero-order chi connectivity index (χ0) is 15.8. The molecule has 21 heavy (non-hydrogen) atoms. The molecule has 2 N–H and O–H groups in total. The third kappa shape index (κ3) is 13.9. The van der Waals surface area contributed by atoms with Gasteiger partial charge in [0.15, 0.2) is 4.98 Å². The number of diazo groups is 1. The summed E-state index contributed by atoms with van der Waals surface area (Å²) in [6.45, 7) is 10.0. The van der Waals surface area contributed by atoms with Crippen LogP contribution in [-0.2, 0) is 0 Å². The minimum absolute atomic E-state index is 0. The second-order valence-electron chi connectivity index (χ2n) is 3.35. The smallest absolute Gasteiger partial charge is 0.385 e. The van der Waals surface area contributed by atoms with Crippen LogP contribution < -0.4 is 5.73 Å². The second-order valence-corrected chi connectivity index (χ2v) is 3.35. The second kappa shape index (κ2) is 17.7. The van der Waals surface area contributed by atoms with Gasteiger partial charge in [0.25, 0.3) is 0 Å².